The SMILES string of the molecule is CC(=O)c1csc(NC(=O)c2ccc(Br)c(C)c2)n1. The average molecular weight is 339 g/mol. The molecule has 1 aromatic carbocycles. The highest BCUT2D eigenvalue weighted by Gasteiger charge is 2.11. The summed E-state index contributed by atoms with van der Waals surface area (Å²) in [6, 6.07) is 5.35. The average Bonchev–Trinajstić information content (AvgIpc) is 2.81. The summed E-state index contributed by atoms with van der Waals surface area (Å²) in [4.78, 5) is 27.2. The standard InChI is InChI=1S/C13H11BrN2O2S/c1-7-5-9(3-4-10(7)14)12(18)16-13-15-11(6-19-13)8(2)17/h3-6H,1-2H3,(H,15,16,18). The minimum absolute atomic E-state index is 0.115. The Labute approximate surface area is 123 Å². The molecule has 98 valence electrons. The van der Waals surface area contributed by atoms with Crippen LogP contribution in [0.25, 0.3) is 0 Å². The number of rotatable bonds is 3. The molecule has 19 heavy (non-hydrogen) atoms. The third-order valence-electron chi connectivity index (χ3n) is 2.51. The molecule has 1 amide bonds. The molecule has 2 rings (SSSR count). The fourth-order valence-corrected chi connectivity index (χ4v) is 2.44. The lowest BCUT2D eigenvalue weighted by Crippen LogP contribution is -2.12. The van der Waals surface area contributed by atoms with Crippen molar-refractivity contribution in [2.45, 2.75) is 13.8 Å². The maximum absolute atomic E-state index is 12.0. The predicted molar refractivity (Wildman–Crippen MR) is 79.0 cm³/mol. The van der Waals surface area contributed by atoms with Crippen molar-refractivity contribution in [3.8, 4) is 0 Å². The Bertz CT molecular complexity index is 652. The number of anilines is 1. The molecule has 0 radical (unpaired) electrons. The first-order valence-corrected chi connectivity index (χ1v) is 7.18. The van der Waals surface area contributed by atoms with Gasteiger partial charge in [-0.05, 0) is 30.7 Å². The first kappa shape index (κ1) is 13.9. The predicted octanol–water partition coefficient (Wildman–Crippen LogP) is 3.67. The van der Waals surface area contributed by atoms with E-state index in [2.05, 4.69) is 26.2 Å². The summed E-state index contributed by atoms with van der Waals surface area (Å²) in [6.07, 6.45) is 0. The number of benzene rings is 1. The van der Waals surface area contributed by atoms with Gasteiger partial charge in [-0.1, -0.05) is 15.9 Å². The molecule has 1 N–H and O–H groups in total. The number of carbonyl (C=O) groups is 2. The van der Waals surface area contributed by atoms with E-state index in [9.17, 15) is 9.59 Å². The highest BCUT2D eigenvalue weighted by Crippen LogP contribution is 2.20. The maximum atomic E-state index is 12.0. The number of carbonyl (C=O) groups excluding carboxylic acids is 2. The lowest BCUT2D eigenvalue weighted by atomic mass is 10.1. The third-order valence-corrected chi connectivity index (χ3v) is 4.15. The van der Waals surface area contributed by atoms with Crippen LogP contribution in [0.15, 0.2) is 28.1 Å². The second kappa shape index (κ2) is 5.63. The van der Waals surface area contributed by atoms with Crippen molar-refractivity contribution in [2.75, 3.05) is 5.32 Å². The van der Waals surface area contributed by atoms with Crippen LogP contribution in [0.1, 0.15) is 33.3 Å². The number of nitrogens with zero attached hydrogens (tertiary/aromatic N) is 1. The maximum Gasteiger partial charge on any atom is 0.257 e. The van der Waals surface area contributed by atoms with Crippen LogP contribution in [-0.4, -0.2) is 16.7 Å². The summed E-state index contributed by atoms with van der Waals surface area (Å²) in [5, 5.41) is 4.74. The number of aromatic nitrogens is 1. The molecular formula is C13H11BrN2O2S. The van der Waals surface area contributed by atoms with E-state index in [1.54, 1.807) is 17.5 Å². The van der Waals surface area contributed by atoms with Crippen LogP contribution in [0.4, 0.5) is 5.13 Å². The largest absolute Gasteiger partial charge is 0.298 e. The first-order chi connectivity index (χ1) is 8.97. The molecule has 0 aliphatic heterocycles. The molecule has 1 aromatic heterocycles. The van der Waals surface area contributed by atoms with E-state index in [1.165, 1.54) is 18.3 Å². The molecule has 0 aliphatic carbocycles. The van der Waals surface area contributed by atoms with Crippen molar-refractivity contribution in [3.63, 3.8) is 0 Å². The second-order valence-electron chi connectivity index (χ2n) is 4.01. The van der Waals surface area contributed by atoms with Crippen LogP contribution in [0.2, 0.25) is 0 Å². The second-order valence-corrected chi connectivity index (χ2v) is 5.72. The van der Waals surface area contributed by atoms with Crippen molar-refractivity contribution < 1.29 is 9.59 Å². The summed E-state index contributed by atoms with van der Waals surface area (Å²) in [7, 11) is 0. The lowest BCUT2D eigenvalue weighted by molar-refractivity contribution is 0.100. The van der Waals surface area contributed by atoms with Gasteiger partial charge < -0.3 is 0 Å². The Morgan fingerprint density at radius 2 is 2.11 bits per heavy atom. The molecule has 2 aromatic rings. The highest BCUT2D eigenvalue weighted by atomic mass is 79.9. The topological polar surface area (TPSA) is 59.1 Å². The number of Topliss-reactive ketones (excluding diaryl/α,β-unsaturated/α-hetero) is 1. The number of ketones is 1. The number of thiazole rings is 1. The first-order valence-electron chi connectivity index (χ1n) is 5.51. The number of halogens is 1. The molecule has 1 heterocycles. The number of nitrogens with one attached hydrogen (secondary N) is 1. The molecule has 0 unspecified atom stereocenters. The van der Waals surface area contributed by atoms with E-state index in [0.29, 0.717) is 16.4 Å². The van der Waals surface area contributed by atoms with Crippen LogP contribution in [0, 0.1) is 6.92 Å². The van der Waals surface area contributed by atoms with Crippen LogP contribution in [0.3, 0.4) is 0 Å². The van der Waals surface area contributed by atoms with Crippen molar-refractivity contribution in [2.24, 2.45) is 0 Å². The van der Waals surface area contributed by atoms with Crippen molar-refractivity contribution in [3.05, 3.63) is 44.9 Å². The van der Waals surface area contributed by atoms with Gasteiger partial charge in [0.15, 0.2) is 10.9 Å². The van der Waals surface area contributed by atoms with Crippen molar-refractivity contribution >= 4 is 44.1 Å². The Morgan fingerprint density at radius 3 is 2.68 bits per heavy atom. The minimum Gasteiger partial charge on any atom is -0.298 e. The van der Waals surface area contributed by atoms with Gasteiger partial charge in [-0.25, -0.2) is 4.98 Å². The van der Waals surface area contributed by atoms with E-state index >= 15 is 0 Å². The molecule has 0 bridgehead atoms. The number of aryl methyl sites for hydroxylation is 1. The Hall–Kier alpha value is -1.53. The van der Waals surface area contributed by atoms with Gasteiger partial charge in [-0.3, -0.25) is 14.9 Å². The summed E-state index contributed by atoms with van der Waals surface area (Å²) >= 11 is 4.62. The number of amides is 1. The molecular weight excluding hydrogens is 328 g/mol. The smallest absolute Gasteiger partial charge is 0.257 e. The van der Waals surface area contributed by atoms with Gasteiger partial charge >= 0.3 is 0 Å². The zero-order chi connectivity index (χ0) is 14.0. The van der Waals surface area contributed by atoms with Crippen molar-refractivity contribution in [1.29, 1.82) is 0 Å². The van der Waals surface area contributed by atoms with Crippen LogP contribution in [-0.2, 0) is 0 Å². The normalized spacial score (nSPS) is 10.3. The summed E-state index contributed by atoms with van der Waals surface area (Å²) in [6.45, 7) is 3.36. The number of hydrogen-bond acceptors (Lipinski definition) is 4. The third kappa shape index (κ3) is 3.27. The molecule has 0 atom stereocenters. The Balaban J connectivity index is 2.15. The minimum atomic E-state index is -0.236. The molecule has 0 saturated heterocycles. The fraction of sp³-hybridized carbons (Fsp3) is 0.154. The highest BCUT2D eigenvalue weighted by molar-refractivity contribution is 9.10. The van der Waals surface area contributed by atoms with Gasteiger partial charge in [0.05, 0.1) is 0 Å². The van der Waals surface area contributed by atoms with E-state index in [-0.39, 0.29) is 11.7 Å². The monoisotopic (exact) mass is 338 g/mol. The molecule has 0 saturated carbocycles. The van der Waals surface area contributed by atoms with Gasteiger partial charge in [-0.15, -0.1) is 11.3 Å². The lowest BCUT2D eigenvalue weighted by Gasteiger charge is -2.04. The van der Waals surface area contributed by atoms with Gasteiger partial charge in [0.2, 0.25) is 0 Å². The fourth-order valence-electron chi connectivity index (χ4n) is 1.45. The Morgan fingerprint density at radius 1 is 1.37 bits per heavy atom. The van der Waals surface area contributed by atoms with Crippen LogP contribution in [0.5, 0.6) is 0 Å². The summed E-state index contributed by atoms with van der Waals surface area (Å²) in [5.41, 5.74) is 1.91. The zero-order valence-electron chi connectivity index (χ0n) is 10.4. The molecule has 4 nitrogen and oxygen atoms in total. The van der Waals surface area contributed by atoms with E-state index < -0.39 is 0 Å². The summed E-state index contributed by atoms with van der Waals surface area (Å²) in [5.74, 6) is -0.351. The summed E-state index contributed by atoms with van der Waals surface area (Å²) < 4.78 is 0.956. The van der Waals surface area contributed by atoms with Crippen LogP contribution >= 0.6 is 27.3 Å². The van der Waals surface area contributed by atoms with Crippen molar-refractivity contribution in [1.82, 2.24) is 4.98 Å². The van der Waals surface area contributed by atoms with Gasteiger partial charge in [0.1, 0.15) is 5.69 Å². The molecule has 6 heteroatoms. The van der Waals surface area contributed by atoms with Crippen LogP contribution < -0.4 is 5.32 Å². The van der Waals surface area contributed by atoms with E-state index in [0.717, 1.165) is 10.0 Å². The van der Waals surface area contributed by atoms with E-state index in [1.807, 2.05) is 13.0 Å². The van der Waals surface area contributed by atoms with E-state index in [4.69, 9.17) is 0 Å². The zero-order valence-corrected chi connectivity index (χ0v) is 12.8. The quantitative estimate of drug-likeness (QED) is 0.868. The Kier molecular flexibility index (Phi) is 4.11. The molecule has 0 fully saturated rings. The molecule has 0 aliphatic rings. The van der Waals surface area contributed by atoms with Gasteiger partial charge in [0, 0.05) is 22.3 Å². The molecule has 0 spiro atoms. The van der Waals surface area contributed by atoms with Gasteiger partial charge in [-0.2, -0.15) is 0 Å². The van der Waals surface area contributed by atoms with Gasteiger partial charge in [0.25, 0.3) is 5.91 Å². The number of hydrogen-bond donors (Lipinski definition) is 1.